The van der Waals surface area contributed by atoms with Crippen LogP contribution in [0.4, 0.5) is 13.2 Å². The SMILES string of the molecule is Cc1nc2c(C3(CO)CC3)c(CC(=O)Cc3cnc(-n4nccn4)c(C(F)(F)F)c3)cnc2s1. The molecule has 0 amide bonds. The first kappa shape index (κ1) is 22.5. The van der Waals surface area contributed by atoms with Crippen molar-refractivity contribution in [2.75, 3.05) is 6.61 Å². The van der Waals surface area contributed by atoms with Crippen LogP contribution in [-0.2, 0) is 29.2 Å². The van der Waals surface area contributed by atoms with Gasteiger partial charge < -0.3 is 5.11 Å². The second kappa shape index (κ2) is 8.20. The summed E-state index contributed by atoms with van der Waals surface area (Å²) in [4.78, 5) is 27.4. The summed E-state index contributed by atoms with van der Waals surface area (Å²) in [6.45, 7) is 1.80. The molecule has 1 N–H and O–H groups in total. The van der Waals surface area contributed by atoms with Gasteiger partial charge in [0.1, 0.15) is 21.7 Å². The number of hydrogen-bond acceptors (Lipinski definition) is 8. The van der Waals surface area contributed by atoms with Gasteiger partial charge in [0, 0.05) is 30.7 Å². The lowest BCUT2D eigenvalue weighted by Crippen LogP contribution is -2.19. The summed E-state index contributed by atoms with van der Waals surface area (Å²) in [5, 5.41) is 18.3. The number of halogens is 3. The van der Waals surface area contributed by atoms with E-state index in [0.717, 1.165) is 39.1 Å². The van der Waals surface area contributed by atoms with Crippen LogP contribution in [0.25, 0.3) is 16.2 Å². The Hall–Kier alpha value is -3.25. The van der Waals surface area contributed by atoms with Crippen LogP contribution < -0.4 is 0 Å². The highest BCUT2D eigenvalue weighted by molar-refractivity contribution is 7.18. The van der Waals surface area contributed by atoms with E-state index in [0.29, 0.717) is 11.1 Å². The number of aryl methyl sites for hydroxylation is 1. The molecule has 0 saturated heterocycles. The standard InChI is InChI=1S/C22H19F3N6O2S/c1-12-30-18-17(21(11-32)2-3-21)14(10-27-20(18)34-12)8-15(33)6-13-7-16(22(23,24)25)19(26-9-13)31-28-4-5-29-31/h4-5,7,9-10,32H,2-3,6,8,11H2,1H3. The minimum Gasteiger partial charge on any atom is -0.395 e. The number of hydrogen-bond donors (Lipinski definition) is 1. The van der Waals surface area contributed by atoms with Crippen molar-refractivity contribution in [2.24, 2.45) is 0 Å². The molecule has 1 saturated carbocycles. The van der Waals surface area contributed by atoms with Crippen LogP contribution in [0.5, 0.6) is 0 Å². The Balaban J connectivity index is 1.45. The molecule has 12 heteroatoms. The molecule has 0 aromatic carbocycles. The summed E-state index contributed by atoms with van der Waals surface area (Å²) in [6.07, 6.45) is 1.96. The van der Waals surface area contributed by atoms with Gasteiger partial charge in [-0.3, -0.25) is 4.79 Å². The Morgan fingerprint density at radius 1 is 1.18 bits per heavy atom. The minimum atomic E-state index is -4.70. The molecule has 4 heterocycles. The first-order chi connectivity index (χ1) is 16.2. The fourth-order valence-electron chi connectivity index (χ4n) is 4.18. The number of aliphatic hydroxyl groups excluding tert-OH is 1. The summed E-state index contributed by atoms with van der Waals surface area (Å²) in [5.74, 6) is -0.744. The van der Waals surface area contributed by atoms with Crippen LogP contribution in [0, 0.1) is 6.92 Å². The number of alkyl halides is 3. The van der Waals surface area contributed by atoms with E-state index in [2.05, 4.69) is 25.1 Å². The molecule has 0 atom stereocenters. The number of Topliss-reactive ketones (excluding diaryl/α,β-unsaturated/α-hetero) is 1. The van der Waals surface area contributed by atoms with Crippen molar-refractivity contribution < 1.29 is 23.1 Å². The Morgan fingerprint density at radius 2 is 1.91 bits per heavy atom. The van der Waals surface area contributed by atoms with E-state index in [1.165, 1.54) is 29.9 Å². The van der Waals surface area contributed by atoms with Crippen LogP contribution in [0.2, 0.25) is 0 Å². The van der Waals surface area contributed by atoms with Crippen molar-refractivity contribution in [3.8, 4) is 5.82 Å². The molecule has 0 aliphatic heterocycles. The van der Waals surface area contributed by atoms with E-state index in [1.54, 1.807) is 6.20 Å². The molecule has 0 radical (unpaired) electrons. The third kappa shape index (κ3) is 4.07. The van der Waals surface area contributed by atoms with E-state index in [1.807, 2.05) is 6.92 Å². The van der Waals surface area contributed by atoms with Crippen LogP contribution in [0.15, 0.2) is 30.9 Å². The lowest BCUT2D eigenvalue weighted by molar-refractivity contribution is -0.138. The number of pyridine rings is 2. The fraction of sp³-hybridized carbons (Fsp3) is 0.364. The molecule has 4 aromatic rings. The van der Waals surface area contributed by atoms with Crippen molar-refractivity contribution in [1.29, 1.82) is 0 Å². The topological polar surface area (TPSA) is 107 Å². The normalized spacial score (nSPS) is 15.1. The highest BCUT2D eigenvalue weighted by Gasteiger charge is 2.47. The highest BCUT2D eigenvalue weighted by atomic mass is 32.1. The number of rotatable bonds is 7. The zero-order valence-corrected chi connectivity index (χ0v) is 18.8. The molecule has 0 bridgehead atoms. The molecule has 0 unspecified atom stereocenters. The summed E-state index contributed by atoms with van der Waals surface area (Å²) in [7, 11) is 0. The monoisotopic (exact) mass is 488 g/mol. The molecular weight excluding hydrogens is 469 g/mol. The van der Waals surface area contributed by atoms with E-state index in [-0.39, 0.29) is 30.8 Å². The van der Waals surface area contributed by atoms with Crippen LogP contribution in [0.3, 0.4) is 0 Å². The van der Waals surface area contributed by atoms with E-state index in [9.17, 15) is 23.1 Å². The average Bonchev–Trinajstić information content (AvgIpc) is 3.19. The number of aliphatic hydroxyl groups is 1. The summed E-state index contributed by atoms with van der Waals surface area (Å²) in [5.41, 5.74) is 0.837. The molecule has 176 valence electrons. The van der Waals surface area contributed by atoms with E-state index in [4.69, 9.17) is 0 Å². The van der Waals surface area contributed by atoms with Gasteiger partial charge in [-0.15, -0.1) is 4.80 Å². The number of ketones is 1. The van der Waals surface area contributed by atoms with Crippen LogP contribution in [-0.4, -0.2) is 47.4 Å². The Kier molecular flexibility index (Phi) is 5.44. The molecule has 0 spiro atoms. The summed E-state index contributed by atoms with van der Waals surface area (Å²) < 4.78 is 41.0. The molecule has 5 rings (SSSR count). The number of carbonyl (C=O) groups is 1. The third-order valence-corrected chi connectivity index (χ3v) is 6.80. The van der Waals surface area contributed by atoms with Crippen molar-refractivity contribution in [1.82, 2.24) is 29.9 Å². The first-order valence-corrected chi connectivity index (χ1v) is 11.3. The zero-order chi connectivity index (χ0) is 24.1. The van der Waals surface area contributed by atoms with E-state index >= 15 is 0 Å². The van der Waals surface area contributed by atoms with Crippen LogP contribution in [0.1, 0.15) is 40.1 Å². The van der Waals surface area contributed by atoms with Crippen LogP contribution >= 0.6 is 11.3 Å². The van der Waals surface area contributed by atoms with Gasteiger partial charge in [-0.1, -0.05) is 11.3 Å². The maximum absolute atomic E-state index is 13.7. The Morgan fingerprint density at radius 3 is 2.56 bits per heavy atom. The lowest BCUT2D eigenvalue weighted by atomic mass is 9.89. The maximum atomic E-state index is 13.7. The number of aromatic nitrogens is 6. The number of fused-ring (bicyclic) bond motifs is 1. The summed E-state index contributed by atoms with van der Waals surface area (Å²) in [6, 6.07) is 0.909. The highest BCUT2D eigenvalue weighted by Crippen LogP contribution is 2.51. The van der Waals surface area contributed by atoms with Gasteiger partial charge >= 0.3 is 6.18 Å². The molecule has 4 aromatic heterocycles. The van der Waals surface area contributed by atoms with Crippen molar-refractivity contribution >= 4 is 27.5 Å². The van der Waals surface area contributed by atoms with Gasteiger partial charge in [0.05, 0.1) is 24.0 Å². The molecule has 34 heavy (non-hydrogen) atoms. The van der Waals surface area contributed by atoms with E-state index < -0.39 is 23.0 Å². The zero-order valence-electron chi connectivity index (χ0n) is 18.0. The van der Waals surface area contributed by atoms with Crippen molar-refractivity contribution in [3.63, 3.8) is 0 Å². The largest absolute Gasteiger partial charge is 0.420 e. The van der Waals surface area contributed by atoms with Gasteiger partial charge in [0.25, 0.3) is 0 Å². The maximum Gasteiger partial charge on any atom is 0.420 e. The smallest absolute Gasteiger partial charge is 0.395 e. The third-order valence-electron chi connectivity index (χ3n) is 5.92. The van der Waals surface area contributed by atoms with Gasteiger partial charge in [-0.05, 0) is 42.5 Å². The number of carbonyl (C=O) groups excluding carboxylic acids is 1. The molecule has 8 nitrogen and oxygen atoms in total. The predicted molar refractivity (Wildman–Crippen MR) is 117 cm³/mol. The molecular formula is C22H19F3N6O2S. The van der Waals surface area contributed by atoms with Crippen molar-refractivity contribution in [3.05, 3.63) is 58.1 Å². The second-order valence-corrected chi connectivity index (χ2v) is 9.59. The van der Waals surface area contributed by atoms with Gasteiger partial charge in [0.15, 0.2) is 5.82 Å². The second-order valence-electron chi connectivity index (χ2n) is 8.41. The number of nitrogens with zero attached hydrogens (tertiary/aromatic N) is 6. The minimum absolute atomic E-state index is 0.0274. The summed E-state index contributed by atoms with van der Waals surface area (Å²) >= 11 is 1.44. The van der Waals surface area contributed by atoms with Gasteiger partial charge in [-0.2, -0.15) is 23.4 Å². The number of thiazole rings is 1. The van der Waals surface area contributed by atoms with Gasteiger partial charge in [-0.25, -0.2) is 15.0 Å². The Bertz CT molecular complexity index is 1380. The predicted octanol–water partition coefficient (Wildman–Crippen LogP) is 3.37. The first-order valence-electron chi connectivity index (χ1n) is 10.5. The quantitative estimate of drug-likeness (QED) is 0.425. The Labute approximate surface area is 195 Å². The lowest BCUT2D eigenvalue weighted by Gasteiger charge is -2.17. The van der Waals surface area contributed by atoms with Crippen molar-refractivity contribution in [2.45, 2.75) is 44.2 Å². The fourth-order valence-corrected chi connectivity index (χ4v) is 4.94. The molecule has 1 fully saturated rings. The molecule has 1 aliphatic carbocycles. The average molecular weight is 488 g/mol. The molecule has 1 aliphatic rings. The van der Waals surface area contributed by atoms with Gasteiger partial charge in [0.2, 0.25) is 0 Å².